The Balaban J connectivity index is 2.70. The fourth-order valence-electron chi connectivity index (χ4n) is 1.09. The van der Waals surface area contributed by atoms with Gasteiger partial charge in [-0.15, -0.1) is 0 Å². The molecular formula is C6H9F3IN3. The molecule has 0 N–H and O–H groups in total. The maximum absolute atomic E-state index is 12.4. The van der Waals surface area contributed by atoms with Gasteiger partial charge in [-0.1, -0.05) is 6.92 Å². The molecular weight excluding hydrogens is 298 g/mol. The monoisotopic (exact) mass is 307 g/mol. The van der Waals surface area contributed by atoms with Gasteiger partial charge in [-0.2, -0.15) is 18.3 Å². The van der Waals surface area contributed by atoms with E-state index in [-0.39, 0.29) is 0 Å². The van der Waals surface area contributed by atoms with Crippen LogP contribution >= 0.6 is 22.9 Å². The second kappa shape index (κ2) is 3.89. The fourth-order valence-corrected chi connectivity index (χ4v) is 1.80. The van der Waals surface area contributed by atoms with Gasteiger partial charge in [-0.3, -0.25) is 8.12 Å². The molecule has 76 valence electrons. The Labute approximate surface area is 88.1 Å². The molecule has 1 aliphatic heterocycles. The standard InChI is InChI=1S/C6H9F3IN3/c1-2-3-13-5(6(7,8)9)12(10)4-11-13/h4-5H,2-3H2,1H3. The van der Waals surface area contributed by atoms with Crippen molar-refractivity contribution >= 4 is 29.2 Å². The molecule has 0 bridgehead atoms. The summed E-state index contributed by atoms with van der Waals surface area (Å²) in [4.78, 5) is 0. The second-order valence-corrected chi connectivity index (χ2v) is 3.77. The Bertz CT molecular complexity index is 206. The molecule has 1 aliphatic rings. The average molecular weight is 307 g/mol. The molecule has 1 atom stereocenters. The summed E-state index contributed by atoms with van der Waals surface area (Å²) < 4.78 is 38.3. The highest BCUT2D eigenvalue weighted by Crippen LogP contribution is 2.31. The molecule has 1 rings (SSSR count). The Kier molecular flexibility index (Phi) is 3.25. The van der Waals surface area contributed by atoms with Crippen LogP contribution in [0.4, 0.5) is 13.2 Å². The highest BCUT2D eigenvalue weighted by Gasteiger charge is 2.48. The molecule has 0 aromatic heterocycles. The van der Waals surface area contributed by atoms with Crippen LogP contribution in [0.5, 0.6) is 0 Å². The summed E-state index contributed by atoms with van der Waals surface area (Å²) in [7, 11) is 0. The zero-order chi connectivity index (χ0) is 10.1. The van der Waals surface area contributed by atoms with Crippen LogP contribution in [0.2, 0.25) is 0 Å². The van der Waals surface area contributed by atoms with E-state index in [9.17, 15) is 13.2 Å². The van der Waals surface area contributed by atoms with Crippen molar-refractivity contribution < 1.29 is 13.2 Å². The molecule has 13 heavy (non-hydrogen) atoms. The van der Waals surface area contributed by atoms with Crippen molar-refractivity contribution in [1.29, 1.82) is 0 Å². The summed E-state index contributed by atoms with van der Waals surface area (Å²) in [6, 6.07) is 0. The molecule has 0 aliphatic carbocycles. The highest BCUT2D eigenvalue weighted by atomic mass is 127. The minimum absolute atomic E-state index is 0.320. The van der Waals surface area contributed by atoms with Gasteiger partial charge in [0.25, 0.3) is 0 Å². The SMILES string of the molecule is CCCN1N=CN(I)C1C(F)(F)F. The van der Waals surface area contributed by atoms with E-state index in [1.54, 1.807) is 22.9 Å². The molecule has 0 fully saturated rings. The van der Waals surface area contributed by atoms with Gasteiger partial charge >= 0.3 is 6.18 Å². The first-order valence-corrected chi connectivity index (χ1v) is 4.75. The lowest BCUT2D eigenvalue weighted by molar-refractivity contribution is -0.194. The highest BCUT2D eigenvalue weighted by molar-refractivity contribution is 14.1. The fraction of sp³-hybridized carbons (Fsp3) is 0.833. The molecule has 1 heterocycles. The third-order valence-electron chi connectivity index (χ3n) is 1.57. The van der Waals surface area contributed by atoms with E-state index in [1.807, 2.05) is 6.92 Å². The Morgan fingerprint density at radius 1 is 1.54 bits per heavy atom. The molecule has 0 amide bonds. The van der Waals surface area contributed by atoms with Crippen LogP contribution in [0, 0.1) is 0 Å². The number of alkyl halides is 3. The number of hydrazone groups is 1. The van der Waals surface area contributed by atoms with Gasteiger partial charge in [0.05, 0.1) is 22.9 Å². The van der Waals surface area contributed by atoms with Gasteiger partial charge in [0.1, 0.15) is 6.34 Å². The normalized spacial score (nSPS) is 23.0. The van der Waals surface area contributed by atoms with Crippen molar-refractivity contribution in [3.8, 4) is 0 Å². The van der Waals surface area contributed by atoms with Crippen LogP contribution in [-0.2, 0) is 0 Å². The molecule has 0 radical (unpaired) electrons. The van der Waals surface area contributed by atoms with Crippen LogP contribution in [0.3, 0.4) is 0 Å². The smallest absolute Gasteiger partial charge is 0.272 e. The van der Waals surface area contributed by atoms with E-state index in [0.717, 1.165) is 8.12 Å². The van der Waals surface area contributed by atoms with Crippen LogP contribution in [-0.4, -0.2) is 33.3 Å². The van der Waals surface area contributed by atoms with Crippen molar-refractivity contribution in [2.75, 3.05) is 6.54 Å². The first kappa shape index (κ1) is 10.9. The largest absolute Gasteiger partial charge is 0.429 e. The molecule has 0 saturated carbocycles. The molecule has 0 aromatic rings. The maximum atomic E-state index is 12.4. The summed E-state index contributed by atoms with van der Waals surface area (Å²) in [6.07, 6.45) is -4.02. The summed E-state index contributed by atoms with van der Waals surface area (Å²) in [5.41, 5.74) is 0. The van der Waals surface area contributed by atoms with E-state index in [1.165, 1.54) is 6.34 Å². The van der Waals surface area contributed by atoms with Gasteiger partial charge in [0, 0.05) is 6.54 Å². The maximum Gasteiger partial charge on any atom is 0.429 e. The first-order chi connectivity index (χ1) is 5.96. The molecule has 1 unspecified atom stereocenters. The van der Waals surface area contributed by atoms with E-state index < -0.39 is 12.3 Å². The van der Waals surface area contributed by atoms with E-state index in [0.29, 0.717) is 13.0 Å². The zero-order valence-corrected chi connectivity index (χ0v) is 9.08. The lowest BCUT2D eigenvalue weighted by Crippen LogP contribution is -2.46. The lowest BCUT2D eigenvalue weighted by atomic mass is 10.4. The predicted molar refractivity (Wildman–Crippen MR) is 51.2 cm³/mol. The summed E-state index contributed by atoms with van der Waals surface area (Å²) >= 11 is 1.60. The van der Waals surface area contributed by atoms with Crippen LogP contribution in [0.15, 0.2) is 5.10 Å². The van der Waals surface area contributed by atoms with Gasteiger partial charge in [0.15, 0.2) is 0 Å². The van der Waals surface area contributed by atoms with E-state index in [4.69, 9.17) is 0 Å². The van der Waals surface area contributed by atoms with Crippen molar-refractivity contribution in [3.05, 3.63) is 0 Å². The average Bonchev–Trinajstić information content (AvgIpc) is 2.31. The number of nitrogens with zero attached hydrogens (tertiary/aromatic N) is 3. The van der Waals surface area contributed by atoms with Crippen LogP contribution < -0.4 is 0 Å². The lowest BCUT2D eigenvalue weighted by Gasteiger charge is -2.28. The minimum atomic E-state index is -4.26. The van der Waals surface area contributed by atoms with Crippen LogP contribution in [0.25, 0.3) is 0 Å². The van der Waals surface area contributed by atoms with E-state index >= 15 is 0 Å². The van der Waals surface area contributed by atoms with Crippen LogP contribution in [0.1, 0.15) is 13.3 Å². The third-order valence-corrected chi connectivity index (χ3v) is 2.35. The molecule has 0 aromatic carbocycles. The van der Waals surface area contributed by atoms with Gasteiger partial charge < -0.3 is 0 Å². The van der Waals surface area contributed by atoms with Crippen molar-refractivity contribution in [1.82, 2.24) is 8.12 Å². The van der Waals surface area contributed by atoms with Crippen molar-refractivity contribution in [2.45, 2.75) is 25.7 Å². The third kappa shape index (κ3) is 2.38. The van der Waals surface area contributed by atoms with Crippen molar-refractivity contribution in [3.63, 3.8) is 0 Å². The van der Waals surface area contributed by atoms with Gasteiger partial charge in [0.2, 0.25) is 6.17 Å². The summed E-state index contributed by atoms with van der Waals surface area (Å²) in [5.74, 6) is 0. The summed E-state index contributed by atoms with van der Waals surface area (Å²) in [6.45, 7) is 2.14. The quantitative estimate of drug-likeness (QED) is 0.575. The molecule has 3 nitrogen and oxygen atoms in total. The second-order valence-electron chi connectivity index (χ2n) is 2.65. The van der Waals surface area contributed by atoms with Crippen molar-refractivity contribution in [2.24, 2.45) is 5.10 Å². The zero-order valence-electron chi connectivity index (χ0n) is 6.92. The molecule has 7 heteroatoms. The number of hydrogen-bond acceptors (Lipinski definition) is 3. The molecule has 0 saturated heterocycles. The Morgan fingerprint density at radius 2 is 2.15 bits per heavy atom. The number of halogens is 4. The molecule has 0 spiro atoms. The summed E-state index contributed by atoms with van der Waals surface area (Å²) in [5, 5.41) is 4.71. The predicted octanol–water partition coefficient (Wildman–Crippen LogP) is 2.20. The minimum Gasteiger partial charge on any atom is -0.272 e. The number of rotatable bonds is 2. The van der Waals surface area contributed by atoms with Gasteiger partial charge in [-0.05, 0) is 6.42 Å². The topological polar surface area (TPSA) is 18.8 Å². The number of hydrogen-bond donors (Lipinski definition) is 0. The van der Waals surface area contributed by atoms with E-state index in [2.05, 4.69) is 5.10 Å². The first-order valence-electron chi connectivity index (χ1n) is 3.78. The van der Waals surface area contributed by atoms with Gasteiger partial charge in [-0.25, -0.2) is 0 Å². The Morgan fingerprint density at radius 3 is 2.62 bits per heavy atom. The Hall–Kier alpha value is -0.210.